The Balaban J connectivity index is 0.722. The lowest BCUT2D eigenvalue weighted by molar-refractivity contribution is -0.146. The van der Waals surface area contributed by atoms with Crippen LogP contribution in [-0.2, 0) is 60.4 Å². The number of aliphatic hydroxyl groups is 1. The molecule has 0 spiro atoms. The molecule has 1 aliphatic carbocycles. The molecule has 4 aromatic rings. The summed E-state index contributed by atoms with van der Waals surface area (Å²) >= 11 is 1.58. The van der Waals surface area contributed by atoms with Gasteiger partial charge >= 0.3 is 0 Å². The van der Waals surface area contributed by atoms with Gasteiger partial charge in [0.1, 0.15) is 11.8 Å². The van der Waals surface area contributed by atoms with Crippen LogP contribution in [0.4, 0.5) is 0 Å². The number of carbonyl (C=O) groups excluding carboxylic acids is 4. The van der Waals surface area contributed by atoms with Crippen molar-refractivity contribution < 1.29 is 52.7 Å². The summed E-state index contributed by atoms with van der Waals surface area (Å²) in [6.45, 7) is 14.7. The Hall–Kier alpha value is -4.98. The molecular weight excluding hydrogens is 927 g/mol. The second-order valence-corrected chi connectivity index (χ2v) is 20.0. The number of amides is 3. The fourth-order valence-corrected chi connectivity index (χ4v) is 9.54. The van der Waals surface area contributed by atoms with Crippen molar-refractivity contribution in [2.45, 2.75) is 91.3 Å². The van der Waals surface area contributed by atoms with Gasteiger partial charge in [-0.3, -0.25) is 24.2 Å². The maximum Gasteiger partial charge on any atom is 0.243 e. The van der Waals surface area contributed by atoms with Gasteiger partial charge in [0.15, 0.2) is 0 Å². The highest BCUT2D eigenvalue weighted by atomic mass is 32.1. The number of benzene rings is 2. The summed E-state index contributed by atoms with van der Waals surface area (Å²) in [7, 11) is 0. The van der Waals surface area contributed by atoms with Crippen LogP contribution in [0, 0.1) is 18.3 Å². The number of pyridine rings is 1. The van der Waals surface area contributed by atoms with E-state index in [2.05, 4.69) is 44.9 Å². The summed E-state index contributed by atoms with van der Waals surface area (Å²) in [4.78, 5) is 64.3. The predicted molar refractivity (Wildman–Crippen MR) is 271 cm³/mol. The van der Waals surface area contributed by atoms with Crippen LogP contribution in [0.25, 0.3) is 21.6 Å². The van der Waals surface area contributed by atoms with Crippen LogP contribution in [0.1, 0.15) is 87.4 Å². The standard InChI is InChI=1S/C54H73N5O11S/c1-37(40-8-10-41(11-9-40)51-38(2)57-36-71-51)58-52(63)49-33-45(61)35-59(49)53(64)48(54(3,4)5)32-44(60)15-18-65-20-22-67-24-26-69-28-29-70-27-25-68-23-21-66-19-17-56-50(62)13-7-39-6-12-46-43(30-39)31-42-14-16-55-34-47(42)46/h6,8-12,14,16,30,34,36-37,45,48-49,61H,7,13,15,17-29,31-33,35H2,1-5H3,(H,56,62)(H,58,63)/t37-,45+,48+,49-/m0/s1. The molecular formula is C54H73N5O11S. The zero-order valence-electron chi connectivity index (χ0n) is 42.1. The molecule has 3 N–H and O–H groups in total. The molecule has 0 unspecified atom stereocenters. The number of aliphatic hydroxyl groups excluding tert-OH is 1. The van der Waals surface area contributed by atoms with Crippen molar-refractivity contribution in [1.82, 2.24) is 25.5 Å². The number of nitrogens with zero attached hydrogens (tertiary/aromatic N) is 3. The van der Waals surface area contributed by atoms with Crippen LogP contribution < -0.4 is 10.6 Å². The number of ketones is 1. The highest BCUT2D eigenvalue weighted by Crippen LogP contribution is 2.37. The molecule has 1 aliphatic heterocycles. The van der Waals surface area contributed by atoms with Crippen molar-refractivity contribution in [3.05, 3.63) is 94.4 Å². The number of thiazole rings is 1. The number of nitrogens with one attached hydrogen (secondary N) is 2. The number of Topliss-reactive ketones (excluding diaryl/α,β-unsaturated/α-hetero) is 1. The molecule has 3 amide bonds. The molecule has 1 saturated heterocycles. The van der Waals surface area contributed by atoms with Gasteiger partial charge in [-0.2, -0.15) is 0 Å². The number of fused-ring (bicyclic) bond motifs is 3. The Bertz CT molecular complexity index is 2320. The molecule has 0 radical (unpaired) electrons. The normalized spacial score (nSPS) is 16.1. The van der Waals surface area contributed by atoms with Crippen LogP contribution in [0.3, 0.4) is 0 Å². The van der Waals surface area contributed by atoms with Crippen molar-refractivity contribution in [2.24, 2.45) is 11.3 Å². The van der Waals surface area contributed by atoms with Crippen molar-refractivity contribution in [3.63, 3.8) is 0 Å². The number of aromatic nitrogens is 2. The summed E-state index contributed by atoms with van der Waals surface area (Å²) in [5.74, 6) is -1.43. The average Bonchev–Trinajstić information content (AvgIpc) is 4.08. The summed E-state index contributed by atoms with van der Waals surface area (Å²) in [5, 5.41) is 16.6. The smallest absolute Gasteiger partial charge is 0.243 e. The van der Waals surface area contributed by atoms with Crippen LogP contribution >= 0.6 is 11.3 Å². The largest absolute Gasteiger partial charge is 0.391 e. The second-order valence-electron chi connectivity index (χ2n) is 19.2. The Labute approximate surface area is 422 Å². The summed E-state index contributed by atoms with van der Waals surface area (Å²) < 4.78 is 33.5. The molecule has 0 saturated carbocycles. The topological polar surface area (TPSA) is 197 Å². The molecule has 16 nitrogen and oxygen atoms in total. The van der Waals surface area contributed by atoms with Gasteiger partial charge < -0.3 is 49.1 Å². The molecule has 0 bridgehead atoms. The van der Waals surface area contributed by atoms with Crippen LogP contribution in [0.15, 0.2) is 66.4 Å². The van der Waals surface area contributed by atoms with E-state index in [1.165, 1.54) is 27.2 Å². The number of carbonyl (C=O) groups is 4. The van der Waals surface area contributed by atoms with Gasteiger partial charge in [0.2, 0.25) is 17.7 Å². The first-order valence-electron chi connectivity index (χ1n) is 24.9. The van der Waals surface area contributed by atoms with Crippen molar-refractivity contribution in [2.75, 3.05) is 92.4 Å². The van der Waals surface area contributed by atoms with Crippen LogP contribution in [0.5, 0.6) is 0 Å². The third kappa shape index (κ3) is 17.3. The minimum absolute atomic E-state index is 0.00535. The van der Waals surface area contributed by atoms with Crippen LogP contribution in [-0.4, -0.2) is 148 Å². The van der Waals surface area contributed by atoms with E-state index in [4.69, 9.17) is 28.4 Å². The second kappa shape index (κ2) is 28.3. The van der Waals surface area contributed by atoms with E-state index in [1.54, 1.807) is 11.3 Å². The highest BCUT2D eigenvalue weighted by Gasteiger charge is 2.44. The lowest BCUT2D eigenvalue weighted by Crippen LogP contribution is -2.50. The summed E-state index contributed by atoms with van der Waals surface area (Å²) in [5.41, 5.74) is 10.4. The molecule has 2 aromatic heterocycles. The van der Waals surface area contributed by atoms with E-state index in [-0.39, 0.29) is 62.0 Å². The lowest BCUT2D eigenvalue weighted by atomic mass is 9.76. The number of ether oxygens (including phenoxy) is 6. The minimum atomic E-state index is -0.846. The fourth-order valence-electron chi connectivity index (χ4n) is 8.73. The number of hydrogen-bond donors (Lipinski definition) is 3. The molecule has 2 aliphatic rings. The number of hydrogen-bond acceptors (Lipinski definition) is 14. The molecule has 6 rings (SSSR count). The number of aryl methyl sites for hydroxylation is 2. The zero-order chi connectivity index (χ0) is 50.6. The Morgan fingerprint density at radius 3 is 2.06 bits per heavy atom. The molecule has 2 aromatic carbocycles. The Morgan fingerprint density at radius 1 is 0.803 bits per heavy atom. The first kappa shape index (κ1) is 55.3. The van der Waals surface area contributed by atoms with Crippen molar-refractivity contribution >= 4 is 34.8 Å². The van der Waals surface area contributed by atoms with Gasteiger partial charge in [0.25, 0.3) is 0 Å². The monoisotopic (exact) mass is 1000 g/mol. The average molecular weight is 1000 g/mol. The van der Waals surface area contributed by atoms with E-state index >= 15 is 0 Å². The minimum Gasteiger partial charge on any atom is -0.391 e. The maximum absolute atomic E-state index is 14.1. The zero-order valence-corrected chi connectivity index (χ0v) is 42.9. The van der Waals surface area contributed by atoms with Crippen molar-refractivity contribution in [1.29, 1.82) is 0 Å². The fraction of sp³-hybridized carbons (Fsp3) is 0.556. The first-order valence-corrected chi connectivity index (χ1v) is 25.8. The van der Waals surface area contributed by atoms with Gasteiger partial charge in [-0.05, 0) is 71.6 Å². The van der Waals surface area contributed by atoms with Gasteiger partial charge in [0, 0.05) is 62.6 Å². The molecule has 386 valence electrons. The SMILES string of the molecule is Cc1ncsc1-c1ccc([C@H](C)NC(=O)[C@@H]2C[C@@H](O)CN2C(=O)[C@@H](CC(=O)CCOCCOCCOCCOCCOCCOCCNC(=O)CCc2ccc3c(c2)Cc2ccncc2-3)C(C)(C)C)cc1. The lowest BCUT2D eigenvalue weighted by Gasteiger charge is -2.35. The maximum atomic E-state index is 14.1. The molecule has 3 heterocycles. The number of β-amino-alcohol motifs (C(OH)–C–C–N with tert-alkyl or cyclic N) is 1. The summed E-state index contributed by atoms with van der Waals surface area (Å²) in [6.07, 6.45) is 5.22. The van der Waals surface area contributed by atoms with E-state index in [1.807, 2.05) is 76.8 Å². The predicted octanol–water partition coefficient (Wildman–Crippen LogP) is 6.08. The van der Waals surface area contributed by atoms with Crippen molar-refractivity contribution in [3.8, 4) is 21.6 Å². The molecule has 4 atom stereocenters. The van der Waals surface area contributed by atoms with Crippen LogP contribution in [0.2, 0.25) is 0 Å². The first-order chi connectivity index (χ1) is 34.3. The summed E-state index contributed by atoms with van der Waals surface area (Å²) in [6, 6.07) is 15.3. The highest BCUT2D eigenvalue weighted by molar-refractivity contribution is 7.13. The number of likely N-dealkylation sites (tertiary alicyclic amines) is 1. The quantitative estimate of drug-likeness (QED) is 0.0433. The van der Waals surface area contributed by atoms with E-state index in [0.717, 1.165) is 33.7 Å². The van der Waals surface area contributed by atoms with Gasteiger partial charge in [-0.15, -0.1) is 11.3 Å². The number of rotatable bonds is 31. The van der Waals surface area contributed by atoms with Gasteiger partial charge in [-0.1, -0.05) is 63.2 Å². The van der Waals surface area contributed by atoms with Gasteiger partial charge in [0.05, 0.1) is 108 Å². The Kier molecular flexibility index (Phi) is 22.1. The van der Waals surface area contributed by atoms with Gasteiger partial charge in [-0.25, -0.2) is 4.98 Å². The molecule has 1 fully saturated rings. The van der Waals surface area contributed by atoms with E-state index in [9.17, 15) is 24.3 Å². The van der Waals surface area contributed by atoms with E-state index in [0.29, 0.717) is 92.1 Å². The third-order valence-corrected chi connectivity index (χ3v) is 13.7. The Morgan fingerprint density at radius 2 is 1.44 bits per heavy atom. The molecule has 71 heavy (non-hydrogen) atoms. The third-order valence-electron chi connectivity index (χ3n) is 12.8. The van der Waals surface area contributed by atoms with E-state index < -0.39 is 23.5 Å². The molecule has 17 heteroatoms.